The number of hydrogen-bond acceptors (Lipinski definition) is 3. The van der Waals surface area contributed by atoms with Crippen molar-refractivity contribution in [3.63, 3.8) is 0 Å². The third-order valence-electron chi connectivity index (χ3n) is 16.2. The lowest BCUT2D eigenvalue weighted by atomic mass is 9.33. The first kappa shape index (κ1) is 43.7. The third kappa shape index (κ3) is 6.73. The lowest BCUT2D eigenvalue weighted by molar-refractivity contribution is 0.195. The Kier molecular flexibility index (Phi) is 9.67. The van der Waals surface area contributed by atoms with Crippen molar-refractivity contribution >= 4 is 68.6 Å². The van der Waals surface area contributed by atoms with Crippen molar-refractivity contribution in [1.29, 1.82) is 0 Å². The van der Waals surface area contributed by atoms with Gasteiger partial charge in [0.25, 0.3) is 6.71 Å². The molecule has 0 spiro atoms. The molecule has 4 aliphatic rings. The molecule has 0 bridgehead atoms. The maximum atomic E-state index is 2.88. The Bertz CT molecular complexity index is 2880. The molecule has 2 atom stereocenters. The number of hydrogen-bond donors (Lipinski definition) is 0. The minimum absolute atomic E-state index is 0.00776. The fraction of sp³-hybridized carbons (Fsp3) is 0.410. The fourth-order valence-corrected chi connectivity index (χ4v) is 12.1. The van der Waals surface area contributed by atoms with Gasteiger partial charge in [0.2, 0.25) is 0 Å². The second-order valence-electron chi connectivity index (χ2n) is 24.8. The average Bonchev–Trinajstić information content (AvgIpc) is 3.44. The summed E-state index contributed by atoms with van der Waals surface area (Å²) in [7, 11) is 0. The lowest BCUT2D eigenvalue weighted by Crippen LogP contribution is -2.64. The molecule has 0 N–H and O–H groups in total. The van der Waals surface area contributed by atoms with Gasteiger partial charge in [-0.2, -0.15) is 0 Å². The summed E-state index contributed by atoms with van der Waals surface area (Å²) >= 11 is 0. The Balaban J connectivity index is 1.31. The van der Waals surface area contributed by atoms with E-state index in [0.717, 1.165) is 6.42 Å². The van der Waals surface area contributed by atoms with Gasteiger partial charge >= 0.3 is 0 Å². The van der Waals surface area contributed by atoms with E-state index in [2.05, 4.69) is 234 Å². The zero-order chi connectivity index (χ0) is 46.4. The molecule has 1 saturated carbocycles. The lowest BCUT2D eigenvalue weighted by Gasteiger charge is -2.53. The largest absolute Gasteiger partial charge is 0.335 e. The third-order valence-corrected chi connectivity index (χ3v) is 16.2. The Morgan fingerprint density at radius 1 is 0.508 bits per heavy atom. The molecule has 3 heterocycles. The quantitative estimate of drug-likeness (QED) is 0.163. The predicted octanol–water partition coefficient (Wildman–Crippen LogP) is 15.0. The molecule has 1 aliphatic carbocycles. The van der Waals surface area contributed by atoms with Crippen LogP contribution in [0.2, 0.25) is 0 Å². The summed E-state index contributed by atoms with van der Waals surface area (Å²) in [5.74, 6) is 0. The second-order valence-corrected chi connectivity index (χ2v) is 24.8. The minimum atomic E-state index is -0.0911. The summed E-state index contributed by atoms with van der Waals surface area (Å²) in [6.45, 7) is 35.6. The zero-order valence-electron chi connectivity index (χ0n) is 42.2. The number of rotatable bonds is 4. The van der Waals surface area contributed by atoms with Crippen LogP contribution >= 0.6 is 0 Å². The Morgan fingerprint density at radius 2 is 1.09 bits per heavy atom. The summed E-state index contributed by atoms with van der Waals surface area (Å²) in [6.07, 6.45) is 4.82. The van der Waals surface area contributed by atoms with Gasteiger partial charge in [0.15, 0.2) is 0 Å². The fourth-order valence-electron chi connectivity index (χ4n) is 12.1. The summed E-state index contributed by atoms with van der Waals surface area (Å²) in [4.78, 5) is 8.09. The van der Waals surface area contributed by atoms with Crippen molar-refractivity contribution in [3.05, 3.63) is 149 Å². The molecular formula is C61H72BN3. The van der Waals surface area contributed by atoms with E-state index in [1.165, 1.54) is 115 Å². The molecule has 3 nitrogen and oxygen atoms in total. The molecule has 6 aromatic carbocycles. The molecule has 65 heavy (non-hydrogen) atoms. The smallest absolute Gasteiger partial charge is 0.252 e. The van der Waals surface area contributed by atoms with Crippen LogP contribution in [-0.4, -0.2) is 12.3 Å². The topological polar surface area (TPSA) is 9.72 Å². The summed E-state index contributed by atoms with van der Waals surface area (Å²) < 4.78 is 0. The van der Waals surface area contributed by atoms with Crippen molar-refractivity contribution in [2.75, 3.05) is 14.7 Å². The molecule has 0 saturated heterocycles. The van der Waals surface area contributed by atoms with Crippen LogP contribution < -0.4 is 31.1 Å². The molecule has 0 radical (unpaired) electrons. The maximum absolute atomic E-state index is 2.88. The summed E-state index contributed by atoms with van der Waals surface area (Å²) in [6, 6.07) is 45.9. The molecule has 3 aliphatic heterocycles. The van der Waals surface area contributed by atoms with Crippen LogP contribution in [0.3, 0.4) is 0 Å². The van der Waals surface area contributed by atoms with Crippen LogP contribution in [0.5, 0.6) is 0 Å². The van der Waals surface area contributed by atoms with Gasteiger partial charge < -0.3 is 14.7 Å². The average molecular weight is 858 g/mol. The first-order valence-electron chi connectivity index (χ1n) is 24.6. The monoisotopic (exact) mass is 858 g/mol. The van der Waals surface area contributed by atoms with Crippen molar-refractivity contribution < 1.29 is 0 Å². The van der Waals surface area contributed by atoms with Gasteiger partial charge in [-0.15, -0.1) is 0 Å². The molecule has 10 rings (SSSR count). The second kappa shape index (κ2) is 14.4. The highest BCUT2D eigenvalue weighted by Crippen LogP contribution is 2.62. The van der Waals surface area contributed by atoms with Crippen molar-refractivity contribution in [1.82, 2.24) is 0 Å². The molecule has 0 amide bonds. The van der Waals surface area contributed by atoms with Gasteiger partial charge in [-0.05, 0) is 165 Å². The molecule has 4 heteroatoms. The first-order chi connectivity index (χ1) is 30.4. The highest BCUT2D eigenvalue weighted by Gasteiger charge is 2.61. The van der Waals surface area contributed by atoms with Crippen molar-refractivity contribution in [2.45, 2.75) is 162 Å². The van der Waals surface area contributed by atoms with E-state index in [9.17, 15) is 0 Å². The van der Waals surface area contributed by atoms with Gasteiger partial charge in [-0.1, -0.05) is 151 Å². The van der Waals surface area contributed by atoms with E-state index in [4.69, 9.17) is 0 Å². The normalized spacial score (nSPS) is 20.0. The van der Waals surface area contributed by atoms with Crippen LogP contribution in [0.15, 0.2) is 115 Å². The van der Waals surface area contributed by atoms with E-state index < -0.39 is 0 Å². The van der Waals surface area contributed by atoms with E-state index in [1.807, 2.05) is 0 Å². The molecule has 6 aromatic rings. The van der Waals surface area contributed by atoms with E-state index >= 15 is 0 Å². The molecule has 1 fully saturated rings. The van der Waals surface area contributed by atoms with Gasteiger partial charge in [-0.25, -0.2) is 0 Å². The van der Waals surface area contributed by atoms with E-state index in [-0.39, 0.29) is 39.3 Å². The summed E-state index contributed by atoms with van der Waals surface area (Å²) in [5.41, 5.74) is 22.7. The molecule has 334 valence electrons. The molecule has 0 aromatic heterocycles. The number of benzene rings is 6. The highest BCUT2D eigenvalue weighted by atomic mass is 15.3. The summed E-state index contributed by atoms with van der Waals surface area (Å²) in [5, 5.41) is 0. The number of anilines is 8. The SMILES string of the molecule is Cc1cc2c3c(c1)N1c4c(cc(N(c5ccc(C(C)(C)C)cc5)c5cccc(C(C)(C)C)c5)cc4C4(C)CCCCC14C)B3c1ccc(C(C)(C)C)cc1N2c1cccc(C(C)(C)C)c1. The number of nitrogens with zero attached hydrogens (tertiary/aromatic N) is 3. The van der Waals surface area contributed by atoms with Gasteiger partial charge in [0.05, 0.1) is 5.54 Å². The van der Waals surface area contributed by atoms with Gasteiger partial charge in [-0.3, -0.25) is 0 Å². The van der Waals surface area contributed by atoms with Crippen LogP contribution in [0.1, 0.15) is 156 Å². The van der Waals surface area contributed by atoms with E-state index in [1.54, 1.807) is 0 Å². The van der Waals surface area contributed by atoms with Crippen LogP contribution in [0.4, 0.5) is 45.5 Å². The van der Waals surface area contributed by atoms with Crippen LogP contribution in [-0.2, 0) is 27.1 Å². The number of fused-ring (bicyclic) bond motifs is 7. The predicted molar refractivity (Wildman–Crippen MR) is 283 cm³/mol. The Labute approximate surface area is 392 Å². The Morgan fingerprint density at radius 3 is 1.75 bits per heavy atom. The Hall–Kier alpha value is -5.22. The van der Waals surface area contributed by atoms with Crippen molar-refractivity contribution in [2.24, 2.45) is 0 Å². The molecule has 2 unspecified atom stereocenters. The van der Waals surface area contributed by atoms with E-state index in [0.29, 0.717) is 0 Å². The minimum Gasteiger partial charge on any atom is -0.335 e. The first-order valence-corrected chi connectivity index (χ1v) is 24.6. The molecular weight excluding hydrogens is 786 g/mol. The van der Waals surface area contributed by atoms with Crippen LogP contribution in [0.25, 0.3) is 0 Å². The maximum Gasteiger partial charge on any atom is 0.252 e. The van der Waals surface area contributed by atoms with Gasteiger partial charge in [0, 0.05) is 50.9 Å². The zero-order valence-corrected chi connectivity index (χ0v) is 42.2. The standard InChI is InChI=1S/C61H72BN3/c1-39-32-52-54-53(33-39)65-55-48(60(14)30-16-17-31-61(60,65)15)37-47(63(44-27-24-40(25-28-44)56(2,3)4)45-22-18-20-41(34-45)57(5,6)7)38-50(55)62(54)49-29-26-43(59(11,12)13)36-51(49)64(52)46-23-19-21-42(35-46)58(8,9)10/h18-29,32-38H,16-17,30-31H2,1-15H3. The van der Waals surface area contributed by atoms with Crippen LogP contribution in [0, 0.1) is 6.92 Å². The van der Waals surface area contributed by atoms with Crippen molar-refractivity contribution in [3.8, 4) is 0 Å². The van der Waals surface area contributed by atoms with Gasteiger partial charge in [0.1, 0.15) is 0 Å². The highest BCUT2D eigenvalue weighted by molar-refractivity contribution is 7.00. The number of aryl methyl sites for hydroxylation is 1.